The van der Waals surface area contributed by atoms with Crippen molar-refractivity contribution in [3.8, 4) is 0 Å². The molecule has 3 heterocycles. The van der Waals surface area contributed by atoms with Gasteiger partial charge in [-0.25, -0.2) is 0 Å². The Kier molecular flexibility index (Phi) is 5.06. The van der Waals surface area contributed by atoms with Gasteiger partial charge in [0.15, 0.2) is 5.82 Å². The molecule has 0 spiro atoms. The molecule has 1 N–H and O–H groups in total. The summed E-state index contributed by atoms with van der Waals surface area (Å²) in [5.41, 5.74) is 1.34. The van der Waals surface area contributed by atoms with Crippen molar-refractivity contribution in [3.05, 3.63) is 41.3 Å². The summed E-state index contributed by atoms with van der Waals surface area (Å²) in [4.78, 5) is 33.7. The van der Waals surface area contributed by atoms with E-state index >= 15 is 0 Å². The largest absolute Gasteiger partial charge is 0.343 e. The van der Waals surface area contributed by atoms with Crippen molar-refractivity contribution < 1.29 is 14.1 Å². The van der Waals surface area contributed by atoms with Gasteiger partial charge in [-0.3, -0.25) is 14.6 Å². The standard InChI is InChI=1S/C17H21N5O3/c1-11-3-4-14(9-18-11)17(24)19-10-15-20-16(21-25-15)13-5-7-22(8-6-13)12(2)23/h3-4,9,13H,5-8,10H2,1-2H3,(H,19,24). The number of rotatable bonds is 4. The van der Waals surface area contributed by atoms with Gasteiger partial charge in [0.05, 0.1) is 12.1 Å². The molecule has 0 atom stereocenters. The third-order valence-corrected chi connectivity index (χ3v) is 4.36. The molecular weight excluding hydrogens is 322 g/mol. The van der Waals surface area contributed by atoms with Crippen LogP contribution >= 0.6 is 0 Å². The Bertz CT molecular complexity index is 748. The number of aromatic nitrogens is 3. The molecule has 0 aromatic carbocycles. The fourth-order valence-corrected chi connectivity index (χ4v) is 2.82. The lowest BCUT2D eigenvalue weighted by molar-refractivity contribution is -0.129. The van der Waals surface area contributed by atoms with Gasteiger partial charge >= 0.3 is 0 Å². The number of nitrogens with zero attached hydrogens (tertiary/aromatic N) is 4. The van der Waals surface area contributed by atoms with Gasteiger partial charge in [0.1, 0.15) is 0 Å². The van der Waals surface area contributed by atoms with Crippen LogP contribution in [0.25, 0.3) is 0 Å². The number of carbonyl (C=O) groups excluding carboxylic acids is 2. The fraction of sp³-hybridized carbons (Fsp3) is 0.471. The van der Waals surface area contributed by atoms with Gasteiger partial charge in [-0.2, -0.15) is 4.98 Å². The Labute approximate surface area is 145 Å². The zero-order valence-electron chi connectivity index (χ0n) is 14.4. The highest BCUT2D eigenvalue weighted by molar-refractivity contribution is 5.93. The number of amides is 2. The van der Waals surface area contributed by atoms with E-state index in [-0.39, 0.29) is 24.3 Å². The first-order valence-electron chi connectivity index (χ1n) is 8.32. The topological polar surface area (TPSA) is 101 Å². The molecule has 0 aliphatic carbocycles. The van der Waals surface area contributed by atoms with E-state index in [1.54, 1.807) is 19.1 Å². The number of hydrogen-bond acceptors (Lipinski definition) is 6. The minimum atomic E-state index is -0.234. The van der Waals surface area contributed by atoms with Crippen LogP contribution in [0.5, 0.6) is 0 Å². The molecule has 1 aliphatic heterocycles. The second kappa shape index (κ2) is 7.42. The van der Waals surface area contributed by atoms with Crippen molar-refractivity contribution in [1.29, 1.82) is 0 Å². The average Bonchev–Trinajstić information content (AvgIpc) is 3.09. The van der Waals surface area contributed by atoms with E-state index < -0.39 is 0 Å². The van der Waals surface area contributed by atoms with Crippen molar-refractivity contribution in [3.63, 3.8) is 0 Å². The Morgan fingerprint density at radius 1 is 1.32 bits per heavy atom. The summed E-state index contributed by atoms with van der Waals surface area (Å²) in [5.74, 6) is 1.06. The molecule has 2 aromatic rings. The molecule has 8 heteroatoms. The first kappa shape index (κ1) is 17.1. The Balaban J connectivity index is 1.53. The molecule has 0 unspecified atom stereocenters. The summed E-state index contributed by atoms with van der Waals surface area (Å²) in [7, 11) is 0. The number of hydrogen-bond donors (Lipinski definition) is 1. The molecule has 25 heavy (non-hydrogen) atoms. The molecule has 3 rings (SSSR count). The predicted molar refractivity (Wildman–Crippen MR) is 88.7 cm³/mol. The molecule has 0 bridgehead atoms. The lowest BCUT2D eigenvalue weighted by Gasteiger charge is -2.29. The molecule has 1 saturated heterocycles. The Morgan fingerprint density at radius 3 is 2.72 bits per heavy atom. The number of aryl methyl sites for hydroxylation is 1. The summed E-state index contributed by atoms with van der Waals surface area (Å²) in [6.07, 6.45) is 3.17. The minimum Gasteiger partial charge on any atom is -0.343 e. The zero-order chi connectivity index (χ0) is 17.8. The quantitative estimate of drug-likeness (QED) is 0.901. The second-order valence-corrected chi connectivity index (χ2v) is 6.20. The number of pyridine rings is 1. The van der Waals surface area contributed by atoms with E-state index in [4.69, 9.17) is 4.52 Å². The molecule has 0 saturated carbocycles. The smallest absolute Gasteiger partial charge is 0.253 e. The molecular formula is C17H21N5O3. The van der Waals surface area contributed by atoms with Gasteiger partial charge in [-0.05, 0) is 31.9 Å². The lowest BCUT2D eigenvalue weighted by Crippen LogP contribution is -2.36. The van der Waals surface area contributed by atoms with Gasteiger partial charge in [0, 0.05) is 37.8 Å². The normalized spacial score (nSPS) is 15.2. The van der Waals surface area contributed by atoms with E-state index in [0.717, 1.165) is 18.5 Å². The summed E-state index contributed by atoms with van der Waals surface area (Å²) < 4.78 is 5.23. The van der Waals surface area contributed by atoms with Crippen LogP contribution in [0, 0.1) is 6.92 Å². The molecule has 132 valence electrons. The van der Waals surface area contributed by atoms with Gasteiger partial charge in [-0.15, -0.1) is 0 Å². The van der Waals surface area contributed by atoms with Crippen LogP contribution < -0.4 is 5.32 Å². The number of carbonyl (C=O) groups is 2. The highest BCUT2D eigenvalue weighted by Crippen LogP contribution is 2.25. The SMILES string of the molecule is CC(=O)N1CCC(c2noc(CNC(=O)c3ccc(C)nc3)n2)CC1. The second-order valence-electron chi connectivity index (χ2n) is 6.20. The third kappa shape index (κ3) is 4.20. The summed E-state index contributed by atoms with van der Waals surface area (Å²) >= 11 is 0. The van der Waals surface area contributed by atoms with Crippen molar-refractivity contribution >= 4 is 11.8 Å². The van der Waals surface area contributed by atoms with Gasteiger partial charge in [0.2, 0.25) is 11.8 Å². The van der Waals surface area contributed by atoms with Gasteiger partial charge in [0.25, 0.3) is 5.91 Å². The molecule has 8 nitrogen and oxygen atoms in total. The highest BCUT2D eigenvalue weighted by Gasteiger charge is 2.25. The van der Waals surface area contributed by atoms with Crippen LogP contribution in [0.4, 0.5) is 0 Å². The fourth-order valence-electron chi connectivity index (χ4n) is 2.82. The molecule has 2 aromatic heterocycles. The number of nitrogens with one attached hydrogen (secondary N) is 1. The highest BCUT2D eigenvalue weighted by atomic mass is 16.5. The summed E-state index contributed by atoms with van der Waals surface area (Å²) in [6.45, 7) is 5.04. The molecule has 2 amide bonds. The number of likely N-dealkylation sites (tertiary alicyclic amines) is 1. The lowest BCUT2D eigenvalue weighted by atomic mass is 9.96. The van der Waals surface area contributed by atoms with E-state index in [1.807, 2.05) is 11.8 Å². The minimum absolute atomic E-state index is 0.0977. The van der Waals surface area contributed by atoms with Crippen molar-refractivity contribution in [2.45, 2.75) is 39.2 Å². The van der Waals surface area contributed by atoms with Crippen LogP contribution in [0.1, 0.15) is 53.5 Å². The summed E-state index contributed by atoms with van der Waals surface area (Å²) in [6, 6.07) is 3.51. The number of piperidine rings is 1. The Hall–Kier alpha value is -2.77. The van der Waals surface area contributed by atoms with E-state index in [1.165, 1.54) is 6.20 Å². The maximum atomic E-state index is 12.1. The van der Waals surface area contributed by atoms with Crippen LogP contribution in [-0.2, 0) is 11.3 Å². The molecule has 1 aliphatic rings. The van der Waals surface area contributed by atoms with Crippen molar-refractivity contribution in [2.24, 2.45) is 0 Å². The maximum absolute atomic E-state index is 12.1. The summed E-state index contributed by atoms with van der Waals surface area (Å²) in [5, 5.41) is 6.76. The molecule has 0 radical (unpaired) electrons. The third-order valence-electron chi connectivity index (χ3n) is 4.36. The van der Waals surface area contributed by atoms with Gasteiger partial charge in [-0.1, -0.05) is 5.16 Å². The van der Waals surface area contributed by atoms with E-state index in [9.17, 15) is 9.59 Å². The van der Waals surface area contributed by atoms with Crippen molar-refractivity contribution in [2.75, 3.05) is 13.1 Å². The first-order valence-corrected chi connectivity index (χ1v) is 8.32. The Morgan fingerprint density at radius 2 is 2.08 bits per heavy atom. The van der Waals surface area contributed by atoms with E-state index in [0.29, 0.717) is 30.4 Å². The van der Waals surface area contributed by atoms with Gasteiger partial charge < -0.3 is 14.7 Å². The van der Waals surface area contributed by atoms with Crippen LogP contribution in [0.3, 0.4) is 0 Å². The average molecular weight is 343 g/mol. The van der Waals surface area contributed by atoms with Crippen LogP contribution in [-0.4, -0.2) is 44.9 Å². The predicted octanol–water partition coefficient (Wildman–Crippen LogP) is 1.43. The maximum Gasteiger partial charge on any atom is 0.253 e. The van der Waals surface area contributed by atoms with Crippen LogP contribution in [0.15, 0.2) is 22.9 Å². The molecule has 1 fully saturated rings. The van der Waals surface area contributed by atoms with Crippen molar-refractivity contribution in [1.82, 2.24) is 25.3 Å². The van der Waals surface area contributed by atoms with Crippen LogP contribution in [0.2, 0.25) is 0 Å². The zero-order valence-corrected chi connectivity index (χ0v) is 14.4. The monoisotopic (exact) mass is 343 g/mol. The van der Waals surface area contributed by atoms with E-state index in [2.05, 4.69) is 20.4 Å². The first-order chi connectivity index (χ1) is 12.0.